The third-order valence-corrected chi connectivity index (χ3v) is 4.84. The maximum Gasteiger partial charge on any atom is 0.277 e. The number of rotatable bonds is 4. The Hall–Kier alpha value is -1.27. The number of aryl methyl sites for hydroxylation is 3. The minimum Gasteiger partial charge on any atom is -0.296 e. The molecule has 2 aromatic heterocycles. The van der Waals surface area contributed by atoms with E-state index in [4.69, 9.17) is 0 Å². The minimum atomic E-state index is -0.154. The van der Waals surface area contributed by atoms with E-state index < -0.39 is 0 Å². The summed E-state index contributed by atoms with van der Waals surface area (Å²) >= 11 is 3.10. The summed E-state index contributed by atoms with van der Waals surface area (Å²) in [5.41, 5.74) is 1.51. The van der Waals surface area contributed by atoms with Crippen molar-refractivity contribution in [1.29, 1.82) is 0 Å². The predicted octanol–water partition coefficient (Wildman–Crippen LogP) is 3.98. The van der Waals surface area contributed by atoms with Crippen molar-refractivity contribution in [2.24, 2.45) is 5.92 Å². The molecule has 0 aliphatic heterocycles. The Morgan fingerprint density at radius 2 is 1.90 bits per heavy atom. The number of thiazole rings is 2. The third-order valence-electron chi connectivity index (χ3n) is 2.86. The standard InChI is InChI=1S/C14H19N3OS2/c1-7(2)6-11-12(16-10(5)20-11)13(18)17-14-15-8(3)9(4)19-14/h7H,6H2,1-5H3,(H,15,17,18). The van der Waals surface area contributed by atoms with Crippen LogP contribution in [-0.4, -0.2) is 15.9 Å². The zero-order valence-electron chi connectivity index (χ0n) is 12.4. The normalized spacial score (nSPS) is 11.1. The van der Waals surface area contributed by atoms with Crippen LogP contribution < -0.4 is 5.32 Å². The Balaban J connectivity index is 2.20. The molecule has 6 heteroatoms. The highest BCUT2D eigenvalue weighted by Crippen LogP contribution is 2.25. The zero-order valence-corrected chi connectivity index (χ0v) is 14.0. The molecule has 0 saturated carbocycles. The van der Waals surface area contributed by atoms with Crippen LogP contribution in [0, 0.1) is 26.7 Å². The SMILES string of the molecule is Cc1nc(C(=O)Nc2nc(C)c(C)s2)c(CC(C)C)s1. The Morgan fingerprint density at radius 1 is 1.20 bits per heavy atom. The highest BCUT2D eigenvalue weighted by atomic mass is 32.1. The molecule has 1 amide bonds. The molecule has 1 N–H and O–H groups in total. The van der Waals surface area contributed by atoms with Crippen LogP contribution in [0.25, 0.3) is 0 Å². The van der Waals surface area contributed by atoms with Gasteiger partial charge in [-0.25, -0.2) is 9.97 Å². The van der Waals surface area contributed by atoms with Crippen molar-refractivity contribution in [2.45, 2.75) is 41.0 Å². The Morgan fingerprint density at radius 3 is 2.45 bits per heavy atom. The van der Waals surface area contributed by atoms with E-state index in [1.54, 1.807) is 11.3 Å². The van der Waals surface area contributed by atoms with Crippen molar-refractivity contribution in [3.63, 3.8) is 0 Å². The first kappa shape index (κ1) is 15.1. The summed E-state index contributed by atoms with van der Waals surface area (Å²) in [7, 11) is 0. The molecule has 2 heterocycles. The summed E-state index contributed by atoms with van der Waals surface area (Å²) in [5, 5.41) is 4.43. The van der Waals surface area contributed by atoms with Crippen LogP contribution in [0.4, 0.5) is 5.13 Å². The van der Waals surface area contributed by atoms with Crippen molar-refractivity contribution in [3.05, 3.63) is 26.1 Å². The molecule has 0 saturated heterocycles. The van der Waals surface area contributed by atoms with Crippen molar-refractivity contribution in [2.75, 3.05) is 5.32 Å². The van der Waals surface area contributed by atoms with Gasteiger partial charge in [-0.05, 0) is 33.1 Å². The van der Waals surface area contributed by atoms with Gasteiger partial charge in [0.25, 0.3) is 5.91 Å². The molecule has 0 fully saturated rings. The molecule has 2 aromatic rings. The van der Waals surface area contributed by atoms with Crippen molar-refractivity contribution >= 4 is 33.7 Å². The number of hydrogen-bond donors (Lipinski definition) is 1. The molecule has 20 heavy (non-hydrogen) atoms. The zero-order chi connectivity index (χ0) is 14.9. The van der Waals surface area contributed by atoms with Crippen LogP contribution in [0.15, 0.2) is 0 Å². The number of nitrogens with one attached hydrogen (secondary N) is 1. The molecule has 0 aliphatic carbocycles. The van der Waals surface area contributed by atoms with Gasteiger partial charge in [0.05, 0.1) is 10.7 Å². The second-order valence-corrected chi connectivity index (χ2v) is 7.71. The van der Waals surface area contributed by atoms with Gasteiger partial charge in [-0.3, -0.25) is 10.1 Å². The van der Waals surface area contributed by atoms with E-state index in [-0.39, 0.29) is 5.91 Å². The molecule has 0 radical (unpaired) electrons. The lowest BCUT2D eigenvalue weighted by molar-refractivity contribution is 0.102. The summed E-state index contributed by atoms with van der Waals surface area (Å²) in [6, 6.07) is 0. The molecule has 0 aromatic carbocycles. The largest absolute Gasteiger partial charge is 0.296 e. The monoisotopic (exact) mass is 309 g/mol. The highest BCUT2D eigenvalue weighted by molar-refractivity contribution is 7.15. The lowest BCUT2D eigenvalue weighted by Gasteiger charge is -2.04. The fourth-order valence-corrected chi connectivity index (χ4v) is 3.79. The van der Waals surface area contributed by atoms with E-state index in [0.717, 1.165) is 26.9 Å². The van der Waals surface area contributed by atoms with Crippen LogP contribution in [-0.2, 0) is 6.42 Å². The van der Waals surface area contributed by atoms with E-state index >= 15 is 0 Å². The molecule has 4 nitrogen and oxygen atoms in total. The van der Waals surface area contributed by atoms with E-state index in [1.807, 2.05) is 20.8 Å². The lowest BCUT2D eigenvalue weighted by Crippen LogP contribution is -2.14. The number of hydrogen-bond acceptors (Lipinski definition) is 5. The fourth-order valence-electron chi connectivity index (χ4n) is 1.84. The molecule has 0 atom stereocenters. The molecule has 0 spiro atoms. The molecular formula is C14H19N3OS2. The van der Waals surface area contributed by atoms with Crippen LogP contribution in [0.2, 0.25) is 0 Å². The van der Waals surface area contributed by atoms with Crippen LogP contribution in [0.5, 0.6) is 0 Å². The summed E-state index contributed by atoms with van der Waals surface area (Å²) < 4.78 is 0. The number of carbonyl (C=O) groups is 1. The van der Waals surface area contributed by atoms with E-state index in [1.165, 1.54) is 11.3 Å². The second kappa shape index (κ2) is 6.01. The van der Waals surface area contributed by atoms with Gasteiger partial charge in [-0.1, -0.05) is 13.8 Å². The number of anilines is 1. The van der Waals surface area contributed by atoms with Crippen LogP contribution in [0.3, 0.4) is 0 Å². The number of carbonyl (C=O) groups excluding carboxylic acids is 1. The highest BCUT2D eigenvalue weighted by Gasteiger charge is 2.19. The Bertz CT molecular complexity index is 609. The van der Waals surface area contributed by atoms with E-state index in [0.29, 0.717) is 16.7 Å². The fraction of sp³-hybridized carbons (Fsp3) is 0.500. The van der Waals surface area contributed by atoms with Gasteiger partial charge in [-0.2, -0.15) is 0 Å². The smallest absolute Gasteiger partial charge is 0.277 e. The molecular weight excluding hydrogens is 290 g/mol. The van der Waals surface area contributed by atoms with Gasteiger partial charge in [0.15, 0.2) is 5.13 Å². The second-order valence-electron chi connectivity index (χ2n) is 5.22. The van der Waals surface area contributed by atoms with Crippen LogP contribution in [0.1, 0.15) is 44.8 Å². The van der Waals surface area contributed by atoms with Gasteiger partial charge >= 0.3 is 0 Å². The van der Waals surface area contributed by atoms with E-state index in [9.17, 15) is 4.79 Å². The first-order chi connectivity index (χ1) is 9.36. The summed E-state index contributed by atoms with van der Waals surface area (Å²) in [6.07, 6.45) is 0.879. The van der Waals surface area contributed by atoms with Crippen molar-refractivity contribution in [1.82, 2.24) is 9.97 Å². The molecule has 108 valence electrons. The number of amides is 1. The topological polar surface area (TPSA) is 54.9 Å². The van der Waals surface area contributed by atoms with Gasteiger partial charge in [0.1, 0.15) is 5.69 Å². The first-order valence-electron chi connectivity index (χ1n) is 6.58. The average Bonchev–Trinajstić information content (AvgIpc) is 2.82. The van der Waals surface area contributed by atoms with Crippen LogP contribution >= 0.6 is 22.7 Å². The Labute approximate surface area is 127 Å². The number of aromatic nitrogens is 2. The minimum absolute atomic E-state index is 0.154. The number of nitrogens with zero attached hydrogens (tertiary/aromatic N) is 2. The molecule has 0 unspecified atom stereocenters. The molecule has 0 bridgehead atoms. The summed E-state index contributed by atoms with van der Waals surface area (Å²) in [4.78, 5) is 23.2. The quantitative estimate of drug-likeness (QED) is 0.929. The average molecular weight is 309 g/mol. The van der Waals surface area contributed by atoms with Crippen molar-refractivity contribution in [3.8, 4) is 0 Å². The third kappa shape index (κ3) is 3.43. The summed E-state index contributed by atoms with van der Waals surface area (Å²) in [6.45, 7) is 10.2. The van der Waals surface area contributed by atoms with Gasteiger partial charge < -0.3 is 0 Å². The summed E-state index contributed by atoms with van der Waals surface area (Å²) in [5.74, 6) is 0.351. The maximum absolute atomic E-state index is 12.4. The van der Waals surface area contributed by atoms with E-state index in [2.05, 4.69) is 29.1 Å². The Kier molecular flexibility index (Phi) is 4.55. The maximum atomic E-state index is 12.4. The molecule has 0 aliphatic rings. The van der Waals surface area contributed by atoms with Gasteiger partial charge in [0.2, 0.25) is 0 Å². The van der Waals surface area contributed by atoms with Gasteiger partial charge in [-0.15, -0.1) is 22.7 Å². The van der Waals surface area contributed by atoms with Gasteiger partial charge in [0, 0.05) is 9.75 Å². The first-order valence-corrected chi connectivity index (χ1v) is 8.21. The van der Waals surface area contributed by atoms with Crippen molar-refractivity contribution < 1.29 is 4.79 Å². The molecule has 2 rings (SSSR count). The lowest BCUT2D eigenvalue weighted by atomic mass is 10.1. The predicted molar refractivity (Wildman–Crippen MR) is 84.9 cm³/mol.